The van der Waals surface area contributed by atoms with E-state index in [0.717, 1.165) is 17.3 Å². The lowest BCUT2D eigenvalue weighted by Gasteiger charge is -2.06. The van der Waals surface area contributed by atoms with Crippen molar-refractivity contribution in [3.63, 3.8) is 0 Å². The van der Waals surface area contributed by atoms with Crippen molar-refractivity contribution in [1.82, 2.24) is 23.9 Å². The van der Waals surface area contributed by atoms with E-state index < -0.39 is 4.92 Å². The Morgan fingerprint density at radius 1 is 0.964 bits per heavy atom. The molecule has 0 saturated carbocycles. The Bertz CT molecular complexity index is 1270. The maximum atomic E-state index is 12.2. The lowest BCUT2D eigenvalue weighted by atomic mass is 10.2. The highest BCUT2D eigenvalue weighted by Gasteiger charge is 2.22. The molecule has 0 saturated heterocycles. The molecule has 4 rings (SSSR count). The molecule has 0 aliphatic rings. The van der Waals surface area contributed by atoms with Crippen molar-refractivity contribution in [3.05, 3.63) is 63.1 Å². The first-order valence-electron chi connectivity index (χ1n) is 8.35. The van der Waals surface area contributed by atoms with E-state index in [2.05, 4.69) is 10.2 Å². The Kier molecular flexibility index (Phi) is 4.27. The maximum Gasteiger partial charge on any atom is 0.328 e. The van der Waals surface area contributed by atoms with Crippen LogP contribution in [0.15, 0.2) is 57.3 Å². The average molecular weight is 396 g/mol. The first-order chi connectivity index (χ1) is 13.4. The molecular weight excluding hydrogens is 380 g/mol. The molecule has 4 aromatic rings. The zero-order valence-electron chi connectivity index (χ0n) is 15.4. The molecule has 0 N–H and O–H groups in total. The molecule has 9 nitrogen and oxygen atoms in total. The Morgan fingerprint density at radius 3 is 2.25 bits per heavy atom. The topological polar surface area (TPSA) is 101 Å². The van der Waals surface area contributed by atoms with Crippen LogP contribution in [0.3, 0.4) is 0 Å². The smallest absolute Gasteiger partial charge is 0.305 e. The van der Waals surface area contributed by atoms with E-state index in [1.165, 1.54) is 15.2 Å². The van der Waals surface area contributed by atoms with Crippen LogP contribution in [0, 0.1) is 10.1 Å². The third-order valence-corrected chi connectivity index (χ3v) is 5.70. The van der Waals surface area contributed by atoms with E-state index in [9.17, 15) is 14.9 Å². The van der Waals surface area contributed by atoms with Gasteiger partial charge in [0.1, 0.15) is 0 Å². The summed E-state index contributed by atoms with van der Waals surface area (Å²) in [4.78, 5) is 23.7. The molecule has 2 heterocycles. The summed E-state index contributed by atoms with van der Waals surface area (Å²) in [6.45, 7) is 0. The number of aromatic nitrogens is 5. The molecule has 10 heteroatoms. The summed E-state index contributed by atoms with van der Waals surface area (Å²) in [7, 11) is 5.05. The maximum absolute atomic E-state index is 12.2. The van der Waals surface area contributed by atoms with Crippen LogP contribution >= 0.6 is 11.8 Å². The number of aryl methyl sites for hydroxylation is 2. The van der Waals surface area contributed by atoms with Crippen LogP contribution in [0.2, 0.25) is 0 Å². The zero-order chi connectivity index (χ0) is 20.0. The standard InChI is InChI=1S/C18H16N6O3S/c1-21-12-9-14(24(26)27)15(10-13(12)22(2)18(21)25)28-17-20-19-16(23(17)3)11-7-5-4-6-8-11/h4-10H,1-3H3. The first-order valence-corrected chi connectivity index (χ1v) is 9.16. The lowest BCUT2D eigenvalue weighted by Crippen LogP contribution is -2.19. The van der Waals surface area contributed by atoms with Crippen LogP contribution in [0.25, 0.3) is 22.4 Å². The molecule has 0 aliphatic carbocycles. The number of nitro groups is 1. The summed E-state index contributed by atoms with van der Waals surface area (Å²) in [5.41, 5.74) is 1.71. The van der Waals surface area contributed by atoms with Crippen LogP contribution in [-0.2, 0) is 21.1 Å². The molecule has 0 unspecified atom stereocenters. The molecule has 0 fully saturated rings. The number of imidazole rings is 1. The van der Waals surface area contributed by atoms with Crippen molar-refractivity contribution >= 4 is 28.5 Å². The number of rotatable bonds is 4. The second-order valence-electron chi connectivity index (χ2n) is 6.30. The van der Waals surface area contributed by atoms with Crippen molar-refractivity contribution in [2.24, 2.45) is 21.1 Å². The normalized spacial score (nSPS) is 11.2. The molecule has 2 aromatic carbocycles. The summed E-state index contributed by atoms with van der Waals surface area (Å²) in [6, 6.07) is 12.7. The van der Waals surface area contributed by atoms with Gasteiger partial charge in [-0.3, -0.25) is 19.2 Å². The molecule has 0 atom stereocenters. The molecule has 0 spiro atoms. The van der Waals surface area contributed by atoms with Crippen LogP contribution < -0.4 is 5.69 Å². The van der Waals surface area contributed by atoms with E-state index in [4.69, 9.17) is 0 Å². The van der Waals surface area contributed by atoms with E-state index in [1.54, 1.807) is 24.7 Å². The van der Waals surface area contributed by atoms with Gasteiger partial charge in [0.15, 0.2) is 11.0 Å². The second-order valence-corrected chi connectivity index (χ2v) is 7.31. The van der Waals surface area contributed by atoms with Gasteiger partial charge in [0, 0.05) is 32.8 Å². The SMILES string of the molecule is Cn1c(Sc2cc3c(cc2[N+](=O)[O-])n(C)c(=O)n3C)nnc1-c1ccccc1. The molecule has 142 valence electrons. The largest absolute Gasteiger partial charge is 0.328 e. The summed E-state index contributed by atoms with van der Waals surface area (Å²) in [5.74, 6) is 0.666. The van der Waals surface area contributed by atoms with Gasteiger partial charge in [-0.05, 0) is 17.8 Å². The summed E-state index contributed by atoms with van der Waals surface area (Å²) in [5, 5.41) is 20.6. The minimum atomic E-state index is -0.451. The van der Waals surface area contributed by atoms with Crippen molar-refractivity contribution in [3.8, 4) is 11.4 Å². The number of nitro benzene ring substituents is 1. The van der Waals surface area contributed by atoms with Crippen molar-refractivity contribution in [1.29, 1.82) is 0 Å². The van der Waals surface area contributed by atoms with Crippen LogP contribution in [0.1, 0.15) is 0 Å². The van der Waals surface area contributed by atoms with Gasteiger partial charge in [-0.15, -0.1) is 10.2 Å². The monoisotopic (exact) mass is 396 g/mol. The van der Waals surface area contributed by atoms with Gasteiger partial charge < -0.3 is 4.57 Å². The fourth-order valence-electron chi connectivity index (χ4n) is 3.08. The second kappa shape index (κ2) is 6.64. The van der Waals surface area contributed by atoms with Crippen LogP contribution in [0.5, 0.6) is 0 Å². The third kappa shape index (κ3) is 2.78. The van der Waals surface area contributed by atoms with Gasteiger partial charge in [0.05, 0.1) is 20.9 Å². The van der Waals surface area contributed by atoms with E-state index in [-0.39, 0.29) is 11.4 Å². The highest BCUT2D eigenvalue weighted by Crippen LogP contribution is 2.37. The quantitative estimate of drug-likeness (QED) is 0.388. The Hall–Kier alpha value is -3.40. The average Bonchev–Trinajstić information content (AvgIpc) is 3.15. The minimum Gasteiger partial charge on any atom is -0.305 e. The summed E-state index contributed by atoms with van der Waals surface area (Å²) < 4.78 is 4.65. The number of hydrogen-bond donors (Lipinski definition) is 0. The van der Waals surface area contributed by atoms with Gasteiger partial charge >= 0.3 is 5.69 Å². The molecule has 0 radical (unpaired) electrons. The number of benzene rings is 2. The molecule has 0 bridgehead atoms. The minimum absolute atomic E-state index is 0.0806. The third-order valence-electron chi connectivity index (χ3n) is 4.62. The molecule has 0 amide bonds. The highest BCUT2D eigenvalue weighted by molar-refractivity contribution is 7.99. The van der Waals surface area contributed by atoms with E-state index in [1.807, 2.05) is 37.4 Å². The molecule has 28 heavy (non-hydrogen) atoms. The van der Waals surface area contributed by atoms with Crippen LogP contribution in [0.4, 0.5) is 5.69 Å². The van der Waals surface area contributed by atoms with Gasteiger partial charge in [-0.25, -0.2) is 4.79 Å². The number of hydrogen-bond acceptors (Lipinski definition) is 6. The lowest BCUT2D eigenvalue weighted by molar-refractivity contribution is -0.387. The molecular formula is C18H16N6O3S. The predicted octanol–water partition coefficient (Wildman–Crippen LogP) is 2.73. The molecule has 0 aliphatic heterocycles. The molecule has 2 aromatic heterocycles. The predicted molar refractivity (Wildman–Crippen MR) is 105 cm³/mol. The Labute approximate surface area is 163 Å². The van der Waals surface area contributed by atoms with Gasteiger partial charge in [0.25, 0.3) is 5.69 Å². The first kappa shape index (κ1) is 18.0. The zero-order valence-corrected chi connectivity index (χ0v) is 16.2. The highest BCUT2D eigenvalue weighted by atomic mass is 32.2. The van der Waals surface area contributed by atoms with Crippen molar-refractivity contribution < 1.29 is 4.92 Å². The van der Waals surface area contributed by atoms with Gasteiger partial charge in [-0.2, -0.15) is 0 Å². The van der Waals surface area contributed by atoms with E-state index >= 15 is 0 Å². The van der Waals surface area contributed by atoms with Gasteiger partial charge in [-0.1, -0.05) is 30.3 Å². The van der Waals surface area contributed by atoms with Crippen molar-refractivity contribution in [2.45, 2.75) is 10.1 Å². The van der Waals surface area contributed by atoms with Gasteiger partial charge in [0.2, 0.25) is 0 Å². The van der Waals surface area contributed by atoms with Crippen molar-refractivity contribution in [2.75, 3.05) is 0 Å². The fraction of sp³-hybridized carbons (Fsp3) is 0.167. The number of nitrogens with zero attached hydrogens (tertiary/aromatic N) is 6. The fourth-order valence-corrected chi connectivity index (χ4v) is 3.99. The van der Waals surface area contributed by atoms with E-state index in [0.29, 0.717) is 26.9 Å². The Morgan fingerprint density at radius 2 is 1.61 bits per heavy atom. The summed E-state index contributed by atoms with van der Waals surface area (Å²) in [6.07, 6.45) is 0. The summed E-state index contributed by atoms with van der Waals surface area (Å²) >= 11 is 1.15. The Balaban J connectivity index is 1.83. The van der Waals surface area contributed by atoms with Crippen LogP contribution in [-0.4, -0.2) is 28.8 Å². The number of fused-ring (bicyclic) bond motifs is 1.